The Morgan fingerprint density at radius 3 is 1.62 bits per heavy atom. The molecule has 9 aromatic carbocycles. The van der Waals surface area contributed by atoms with Crippen LogP contribution in [0.2, 0.25) is 0 Å². The lowest BCUT2D eigenvalue weighted by Crippen LogP contribution is -2.11. The highest BCUT2D eigenvalue weighted by atomic mass is 32.1. The molecule has 0 aliphatic carbocycles. The standard InChI is InChI=1S/C50H33NS/c1-3-16-40-36(12-1)14-9-20-41(40)38-28-26-34(27-29-38)35-30-32-39(33-31-35)51(47-24-10-15-37-13-2-4-17-42(37)47)48-23-7-5-18-43(48)45-21-11-22-46-44-19-6-8-25-49(44)52-50(45)46/h1-33H. The number of hydrogen-bond donors (Lipinski definition) is 0. The second-order valence-electron chi connectivity index (χ2n) is 13.3. The molecule has 1 heterocycles. The molecule has 2 heteroatoms. The number of benzene rings is 9. The van der Waals surface area contributed by atoms with Crippen molar-refractivity contribution in [3.63, 3.8) is 0 Å². The van der Waals surface area contributed by atoms with Gasteiger partial charge in [-0.1, -0.05) is 170 Å². The van der Waals surface area contributed by atoms with E-state index in [0.717, 1.165) is 17.1 Å². The average molecular weight is 680 g/mol. The van der Waals surface area contributed by atoms with Crippen LogP contribution in [0.5, 0.6) is 0 Å². The number of fused-ring (bicyclic) bond motifs is 5. The molecule has 0 fully saturated rings. The molecular formula is C50H33NS. The van der Waals surface area contributed by atoms with E-state index < -0.39 is 0 Å². The minimum atomic E-state index is 1.11. The van der Waals surface area contributed by atoms with Gasteiger partial charge in [-0.25, -0.2) is 0 Å². The summed E-state index contributed by atoms with van der Waals surface area (Å²) in [7, 11) is 0. The zero-order valence-electron chi connectivity index (χ0n) is 28.4. The smallest absolute Gasteiger partial charge is 0.0540 e. The summed E-state index contributed by atoms with van der Waals surface area (Å²) in [5.74, 6) is 0. The van der Waals surface area contributed by atoms with Crippen LogP contribution in [-0.4, -0.2) is 0 Å². The van der Waals surface area contributed by atoms with Gasteiger partial charge in [-0.15, -0.1) is 11.3 Å². The van der Waals surface area contributed by atoms with E-state index in [1.807, 2.05) is 11.3 Å². The topological polar surface area (TPSA) is 3.24 Å². The van der Waals surface area contributed by atoms with Crippen LogP contribution in [0.4, 0.5) is 17.1 Å². The van der Waals surface area contributed by atoms with Crippen molar-refractivity contribution in [2.45, 2.75) is 0 Å². The Labute approximate surface area is 307 Å². The Kier molecular flexibility index (Phi) is 7.41. The number of rotatable bonds is 6. The fourth-order valence-electron chi connectivity index (χ4n) is 7.79. The van der Waals surface area contributed by atoms with Crippen molar-refractivity contribution < 1.29 is 0 Å². The first-order valence-corrected chi connectivity index (χ1v) is 18.6. The van der Waals surface area contributed by atoms with Crippen molar-refractivity contribution in [1.82, 2.24) is 0 Å². The summed E-state index contributed by atoms with van der Waals surface area (Å²) < 4.78 is 2.63. The van der Waals surface area contributed by atoms with E-state index >= 15 is 0 Å². The summed E-state index contributed by atoms with van der Waals surface area (Å²) >= 11 is 1.88. The maximum Gasteiger partial charge on any atom is 0.0540 e. The molecule has 0 aliphatic rings. The molecule has 0 unspecified atom stereocenters. The molecule has 0 N–H and O–H groups in total. The Hall–Kier alpha value is -6.48. The lowest BCUT2D eigenvalue weighted by atomic mass is 9.96. The van der Waals surface area contributed by atoms with Crippen LogP contribution in [0.1, 0.15) is 0 Å². The van der Waals surface area contributed by atoms with E-state index in [-0.39, 0.29) is 0 Å². The maximum absolute atomic E-state index is 2.44. The van der Waals surface area contributed by atoms with Crippen LogP contribution in [-0.2, 0) is 0 Å². The first-order chi connectivity index (χ1) is 25.8. The van der Waals surface area contributed by atoms with E-state index in [4.69, 9.17) is 0 Å². The van der Waals surface area contributed by atoms with E-state index in [9.17, 15) is 0 Å². The van der Waals surface area contributed by atoms with E-state index in [1.165, 1.54) is 75.1 Å². The molecule has 0 amide bonds. The van der Waals surface area contributed by atoms with Gasteiger partial charge < -0.3 is 4.90 Å². The third-order valence-corrected chi connectivity index (χ3v) is 11.5. The van der Waals surface area contributed by atoms with Gasteiger partial charge in [0.15, 0.2) is 0 Å². The van der Waals surface area contributed by atoms with Crippen LogP contribution >= 0.6 is 11.3 Å². The van der Waals surface area contributed by atoms with Crippen molar-refractivity contribution in [3.05, 3.63) is 200 Å². The zero-order valence-corrected chi connectivity index (χ0v) is 29.2. The molecule has 52 heavy (non-hydrogen) atoms. The fourth-order valence-corrected chi connectivity index (χ4v) is 9.02. The molecule has 1 nitrogen and oxygen atoms in total. The van der Waals surface area contributed by atoms with Crippen LogP contribution in [0.15, 0.2) is 200 Å². The lowest BCUT2D eigenvalue weighted by Gasteiger charge is -2.29. The van der Waals surface area contributed by atoms with Crippen molar-refractivity contribution in [2.75, 3.05) is 4.90 Å². The molecule has 0 bridgehead atoms. The predicted octanol–water partition coefficient (Wildman–Crippen LogP) is 14.8. The molecule has 0 spiro atoms. The number of hydrogen-bond acceptors (Lipinski definition) is 2. The molecule has 0 saturated heterocycles. The molecule has 0 atom stereocenters. The van der Waals surface area contributed by atoms with E-state index in [2.05, 4.69) is 205 Å². The van der Waals surface area contributed by atoms with Crippen LogP contribution in [0.3, 0.4) is 0 Å². The van der Waals surface area contributed by atoms with Gasteiger partial charge >= 0.3 is 0 Å². The van der Waals surface area contributed by atoms with Gasteiger partial charge in [-0.2, -0.15) is 0 Å². The zero-order chi connectivity index (χ0) is 34.4. The summed E-state index contributed by atoms with van der Waals surface area (Å²) in [6.07, 6.45) is 0. The second-order valence-corrected chi connectivity index (χ2v) is 14.3. The molecule has 0 saturated carbocycles. The highest BCUT2D eigenvalue weighted by Gasteiger charge is 2.21. The predicted molar refractivity (Wildman–Crippen MR) is 225 cm³/mol. The van der Waals surface area contributed by atoms with E-state index in [0.29, 0.717) is 0 Å². The van der Waals surface area contributed by atoms with Gasteiger partial charge in [0.1, 0.15) is 0 Å². The number of para-hydroxylation sites is 1. The van der Waals surface area contributed by atoms with Gasteiger partial charge in [-0.05, 0) is 68.7 Å². The summed E-state index contributed by atoms with van der Waals surface area (Å²) in [6.45, 7) is 0. The average Bonchev–Trinajstić information content (AvgIpc) is 3.61. The Bertz CT molecular complexity index is 2890. The molecule has 244 valence electrons. The minimum Gasteiger partial charge on any atom is -0.309 e. The number of nitrogens with zero attached hydrogens (tertiary/aromatic N) is 1. The SMILES string of the molecule is c1ccc(N(c2ccc(-c3ccc(-c4cccc5ccccc45)cc3)cc2)c2cccc3ccccc23)c(-c2cccc3c2sc2ccccc23)c1. The highest BCUT2D eigenvalue weighted by molar-refractivity contribution is 7.26. The van der Waals surface area contributed by atoms with Gasteiger partial charge in [0.05, 0.1) is 11.4 Å². The van der Waals surface area contributed by atoms with Crippen LogP contribution in [0.25, 0.3) is 75.1 Å². The van der Waals surface area contributed by atoms with Crippen molar-refractivity contribution in [2.24, 2.45) is 0 Å². The van der Waals surface area contributed by atoms with E-state index in [1.54, 1.807) is 0 Å². The Morgan fingerprint density at radius 2 is 0.808 bits per heavy atom. The summed E-state index contributed by atoms with van der Waals surface area (Å²) in [5.41, 5.74) is 10.8. The molecule has 10 aromatic rings. The second kappa shape index (κ2) is 12.7. The maximum atomic E-state index is 2.44. The fraction of sp³-hybridized carbons (Fsp3) is 0. The van der Waals surface area contributed by atoms with Gasteiger partial charge in [0.2, 0.25) is 0 Å². The number of thiophene rings is 1. The quantitative estimate of drug-likeness (QED) is 0.169. The van der Waals surface area contributed by atoms with Crippen molar-refractivity contribution >= 4 is 70.1 Å². The third kappa shape index (κ3) is 5.16. The summed E-state index contributed by atoms with van der Waals surface area (Å²) in [4.78, 5) is 2.44. The first kappa shape index (κ1) is 30.4. The summed E-state index contributed by atoms with van der Waals surface area (Å²) in [6, 6.07) is 72.9. The van der Waals surface area contributed by atoms with Gasteiger partial charge in [0, 0.05) is 42.4 Å². The monoisotopic (exact) mass is 679 g/mol. The van der Waals surface area contributed by atoms with Gasteiger partial charge in [-0.3, -0.25) is 0 Å². The largest absolute Gasteiger partial charge is 0.309 e. The Morgan fingerprint density at radius 1 is 0.308 bits per heavy atom. The lowest BCUT2D eigenvalue weighted by molar-refractivity contribution is 1.30. The van der Waals surface area contributed by atoms with Gasteiger partial charge in [0.25, 0.3) is 0 Å². The molecule has 0 aliphatic heterocycles. The number of anilines is 3. The molecule has 1 aromatic heterocycles. The molecule has 10 rings (SSSR count). The minimum absolute atomic E-state index is 1.11. The Balaban J connectivity index is 1.10. The van der Waals surface area contributed by atoms with Crippen LogP contribution in [0, 0.1) is 0 Å². The molecular weight excluding hydrogens is 647 g/mol. The third-order valence-electron chi connectivity index (χ3n) is 10.3. The normalized spacial score (nSPS) is 11.5. The molecule has 0 radical (unpaired) electrons. The van der Waals surface area contributed by atoms with Crippen molar-refractivity contribution in [1.29, 1.82) is 0 Å². The van der Waals surface area contributed by atoms with Crippen LogP contribution < -0.4 is 4.90 Å². The summed E-state index contributed by atoms with van der Waals surface area (Å²) in [5, 5.41) is 7.59. The highest BCUT2D eigenvalue weighted by Crippen LogP contribution is 2.47. The first-order valence-electron chi connectivity index (χ1n) is 17.8. The van der Waals surface area contributed by atoms with Crippen molar-refractivity contribution in [3.8, 4) is 33.4 Å².